The molecule has 0 N–H and O–H groups in total. The number of piperidine rings is 1. The van der Waals surface area contributed by atoms with Crippen LogP contribution in [0.5, 0.6) is 11.5 Å². The lowest BCUT2D eigenvalue weighted by Gasteiger charge is -2.43. The van der Waals surface area contributed by atoms with Crippen molar-refractivity contribution in [3.63, 3.8) is 0 Å². The van der Waals surface area contributed by atoms with Crippen LogP contribution in [0.25, 0.3) is 5.57 Å². The van der Waals surface area contributed by atoms with Gasteiger partial charge in [0.05, 0.1) is 5.56 Å². The number of amides is 2. The lowest BCUT2D eigenvalue weighted by Crippen LogP contribution is -2.50. The fraction of sp³-hybridized carbons (Fsp3) is 0.484. The molecule has 2 amide bonds. The van der Waals surface area contributed by atoms with Gasteiger partial charge in [0.1, 0.15) is 22.7 Å². The van der Waals surface area contributed by atoms with E-state index in [0.717, 1.165) is 22.4 Å². The van der Waals surface area contributed by atoms with Crippen molar-refractivity contribution in [2.45, 2.75) is 58.7 Å². The largest absolute Gasteiger partial charge is 0.482 e. The van der Waals surface area contributed by atoms with Crippen molar-refractivity contribution in [1.82, 2.24) is 9.80 Å². The number of ether oxygens (including phenoxy) is 4. The summed E-state index contributed by atoms with van der Waals surface area (Å²) in [6.45, 7) is 12.0. The number of likely N-dealkylation sites (tertiary alicyclic amines) is 1. The maximum absolute atomic E-state index is 12.9. The second-order valence-corrected chi connectivity index (χ2v) is 10.9. The van der Waals surface area contributed by atoms with Gasteiger partial charge in [-0.2, -0.15) is 0 Å². The summed E-state index contributed by atoms with van der Waals surface area (Å²) in [5, 5.41) is 0. The number of carbonyl (C=O) groups is 2. The Kier molecular flexibility index (Phi) is 8.54. The van der Waals surface area contributed by atoms with E-state index in [2.05, 4.69) is 6.08 Å². The Morgan fingerprint density at radius 3 is 2.28 bits per heavy atom. The minimum absolute atomic E-state index is 0.0167. The summed E-state index contributed by atoms with van der Waals surface area (Å²) in [7, 11) is 1.59. The number of hydrogen-bond donors (Lipinski definition) is 0. The van der Waals surface area contributed by atoms with Crippen LogP contribution < -0.4 is 9.47 Å². The zero-order valence-electron chi connectivity index (χ0n) is 23.9. The van der Waals surface area contributed by atoms with Crippen LogP contribution in [0.3, 0.4) is 0 Å². The highest BCUT2D eigenvalue weighted by atomic mass is 16.7. The molecule has 2 heterocycles. The molecule has 0 atom stereocenters. The second-order valence-electron chi connectivity index (χ2n) is 10.9. The predicted octanol–water partition coefficient (Wildman–Crippen LogP) is 5.75. The Morgan fingerprint density at radius 2 is 1.69 bits per heavy atom. The Balaban J connectivity index is 1.68. The maximum Gasteiger partial charge on any atom is 0.410 e. The summed E-state index contributed by atoms with van der Waals surface area (Å²) in [5.74, 6) is 1.39. The molecule has 0 unspecified atom stereocenters. The van der Waals surface area contributed by atoms with Crippen LogP contribution in [0.2, 0.25) is 0 Å². The molecule has 1 saturated heterocycles. The van der Waals surface area contributed by atoms with Crippen LogP contribution >= 0.6 is 0 Å². The van der Waals surface area contributed by atoms with E-state index in [1.54, 1.807) is 12.0 Å². The van der Waals surface area contributed by atoms with Crippen molar-refractivity contribution in [3.8, 4) is 11.5 Å². The van der Waals surface area contributed by atoms with Crippen LogP contribution in [0, 0.1) is 0 Å². The van der Waals surface area contributed by atoms with Gasteiger partial charge in [-0.05, 0) is 76.1 Å². The smallest absolute Gasteiger partial charge is 0.410 e. The van der Waals surface area contributed by atoms with Gasteiger partial charge in [-0.3, -0.25) is 4.79 Å². The third-order valence-corrected chi connectivity index (χ3v) is 7.07. The van der Waals surface area contributed by atoms with Gasteiger partial charge in [-0.1, -0.05) is 18.2 Å². The molecule has 210 valence electrons. The Morgan fingerprint density at radius 1 is 1.03 bits per heavy atom. The van der Waals surface area contributed by atoms with Crippen molar-refractivity contribution >= 4 is 17.6 Å². The van der Waals surface area contributed by atoms with Gasteiger partial charge >= 0.3 is 6.09 Å². The fourth-order valence-electron chi connectivity index (χ4n) is 5.04. The normalized spacial score (nSPS) is 16.2. The number of benzene rings is 2. The van der Waals surface area contributed by atoms with Gasteiger partial charge in [0.25, 0.3) is 5.91 Å². The zero-order chi connectivity index (χ0) is 28.2. The van der Waals surface area contributed by atoms with E-state index < -0.39 is 11.2 Å². The van der Waals surface area contributed by atoms with Crippen LogP contribution in [0.1, 0.15) is 68.9 Å². The number of rotatable bonds is 7. The molecule has 1 spiro atoms. The first-order chi connectivity index (χ1) is 18.6. The average molecular weight is 537 g/mol. The molecule has 0 bridgehead atoms. The van der Waals surface area contributed by atoms with E-state index in [1.165, 1.54) is 0 Å². The van der Waals surface area contributed by atoms with Gasteiger partial charge in [-0.25, -0.2) is 4.79 Å². The minimum atomic E-state index is -0.587. The van der Waals surface area contributed by atoms with Crippen LogP contribution in [0.15, 0.2) is 48.5 Å². The lowest BCUT2D eigenvalue weighted by atomic mass is 9.82. The molecular weight excluding hydrogens is 496 g/mol. The molecule has 8 nitrogen and oxygen atoms in total. The standard InChI is InChI=1S/C31H40N2O6/c1-7-32(8-2)28(34)23-14-12-22(13-15-23)24-20-31(16-18-33(19-17-31)29(35)39-30(3,4)5)38-26-11-9-10-25(27(24)26)37-21-36-6/h9-15,20H,7-8,16-19,21H2,1-6H3. The summed E-state index contributed by atoms with van der Waals surface area (Å²) in [4.78, 5) is 29.1. The van der Waals surface area contributed by atoms with Crippen molar-refractivity contribution in [1.29, 1.82) is 0 Å². The van der Waals surface area contributed by atoms with Crippen molar-refractivity contribution in [3.05, 3.63) is 65.2 Å². The number of nitrogens with zero attached hydrogens (tertiary/aromatic N) is 2. The van der Waals surface area contributed by atoms with Crippen molar-refractivity contribution in [2.75, 3.05) is 40.1 Å². The van der Waals surface area contributed by atoms with Crippen LogP contribution in [-0.2, 0) is 9.47 Å². The summed E-state index contributed by atoms with van der Waals surface area (Å²) < 4.78 is 23.3. The van der Waals surface area contributed by atoms with E-state index in [4.69, 9.17) is 18.9 Å². The summed E-state index contributed by atoms with van der Waals surface area (Å²) in [6.07, 6.45) is 3.09. The van der Waals surface area contributed by atoms with Gasteiger partial charge in [-0.15, -0.1) is 0 Å². The van der Waals surface area contributed by atoms with E-state index >= 15 is 0 Å². The number of fused-ring (bicyclic) bond motifs is 1. The van der Waals surface area contributed by atoms with E-state index in [9.17, 15) is 9.59 Å². The third-order valence-electron chi connectivity index (χ3n) is 7.07. The highest BCUT2D eigenvalue weighted by Crippen LogP contribution is 2.47. The lowest BCUT2D eigenvalue weighted by molar-refractivity contribution is -0.00137. The van der Waals surface area contributed by atoms with Crippen LogP contribution in [-0.4, -0.2) is 73.1 Å². The molecule has 2 aromatic carbocycles. The Hall–Kier alpha value is -3.52. The van der Waals surface area contributed by atoms with E-state index in [0.29, 0.717) is 50.3 Å². The number of carbonyl (C=O) groups excluding carboxylic acids is 2. The van der Waals surface area contributed by atoms with Gasteiger partial charge < -0.3 is 28.7 Å². The topological polar surface area (TPSA) is 77.5 Å². The Labute approximate surface area is 231 Å². The molecule has 0 aromatic heterocycles. The average Bonchev–Trinajstić information content (AvgIpc) is 2.91. The SMILES string of the molecule is CCN(CC)C(=O)c1ccc(C2=CC3(CCN(C(=O)OC(C)(C)C)CC3)Oc3cccc(OCOC)c32)cc1. The molecule has 2 aliphatic rings. The molecule has 2 aliphatic heterocycles. The summed E-state index contributed by atoms with van der Waals surface area (Å²) in [6, 6.07) is 13.5. The van der Waals surface area contributed by atoms with E-state index in [1.807, 2.05) is 82.0 Å². The fourth-order valence-corrected chi connectivity index (χ4v) is 5.04. The Bertz CT molecular complexity index is 1200. The first-order valence-electron chi connectivity index (χ1n) is 13.6. The predicted molar refractivity (Wildman–Crippen MR) is 150 cm³/mol. The molecule has 2 aromatic rings. The number of methoxy groups -OCH3 is 1. The minimum Gasteiger partial charge on any atom is -0.482 e. The molecule has 0 saturated carbocycles. The molecular formula is C31H40N2O6. The maximum atomic E-state index is 12.9. The van der Waals surface area contributed by atoms with Gasteiger partial charge in [0.2, 0.25) is 0 Å². The summed E-state index contributed by atoms with van der Waals surface area (Å²) in [5.41, 5.74) is 2.29. The molecule has 1 fully saturated rings. The first-order valence-corrected chi connectivity index (χ1v) is 13.6. The van der Waals surface area contributed by atoms with Crippen LogP contribution in [0.4, 0.5) is 4.79 Å². The zero-order valence-corrected chi connectivity index (χ0v) is 23.9. The number of hydrogen-bond acceptors (Lipinski definition) is 6. The molecule has 0 radical (unpaired) electrons. The summed E-state index contributed by atoms with van der Waals surface area (Å²) >= 11 is 0. The second kappa shape index (κ2) is 11.7. The quantitative estimate of drug-likeness (QED) is 0.420. The molecule has 4 rings (SSSR count). The van der Waals surface area contributed by atoms with Gasteiger partial charge in [0, 0.05) is 51.7 Å². The monoisotopic (exact) mass is 536 g/mol. The third kappa shape index (κ3) is 6.38. The van der Waals surface area contributed by atoms with Crippen molar-refractivity contribution in [2.24, 2.45) is 0 Å². The molecule has 0 aliphatic carbocycles. The first kappa shape index (κ1) is 28.5. The van der Waals surface area contributed by atoms with Gasteiger partial charge in [0.15, 0.2) is 6.79 Å². The molecule has 8 heteroatoms. The highest BCUT2D eigenvalue weighted by molar-refractivity contribution is 5.95. The van der Waals surface area contributed by atoms with Crippen molar-refractivity contribution < 1.29 is 28.5 Å². The highest BCUT2D eigenvalue weighted by Gasteiger charge is 2.41. The molecule has 39 heavy (non-hydrogen) atoms. The van der Waals surface area contributed by atoms with E-state index in [-0.39, 0.29) is 18.8 Å².